The SMILES string of the molecule is FC(F)(F)c1nnnn1-c1ccc(OCc2ccccc2)cc1. The van der Waals surface area contributed by atoms with Crippen LogP contribution in [-0.4, -0.2) is 20.2 Å². The third kappa shape index (κ3) is 3.47. The van der Waals surface area contributed by atoms with Gasteiger partial charge in [-0.05, 0) is 40.3 Å². The quantitative estimate of drug-likeness (QED) is 0.740. The lowest BCUT2D eigenvalue weighted by Gasteiger charge is -2.09. The van der Waals surface area contributed by atoms with E-state index in [0.717, 1.165) is 5.56 Å². The molecule has 118 valence electrons. The summed E-state index contributed by atoms with van der Waals surface area (Å²) in [5.74, 6) is -0.630. The van der Waals surface area contributed by atoms with Crippen LogP contribution in [0, 0.1) is 0 Å². The Morgan fingerprint density at radius 2 is 1.65 bits per heavy atom. The van der Waals surface area contributed by atoms with E-state index in [1.807, 2.05) is 30.3 Å². The number of nitrogens with zero attached hydrogens (tertiary/aromatic N) is 4. The summed E-state index contributed by atoms with van der Waals surface area (Å²) >= 11 is 0. The predicted octanol–water partition coefficient (Wildman–Crippen LogP) is 3.26. The third-order valence-electron chi connectivity index (χ3n) is 3.05. The second kappa shape index (κ2) is 6.07. The number of aromatic nitrogens is 4. The summed E-state index contributed by atoms with van der Waals surface area (Å²) in [6, 6.07) is 15.6. The Hall–Kier alpha value is -2.90. The van der Waals surface area contributed by atoms with Crippen molar-refractivity contribution in [3.8, 4) is 11.4 Å². The van der Waals surface area contributed by atoms with Gasteiger partial charge in [0.1, 0.15) is 12.4 Å². The highest BCUT2D eigenvalue weighted by molar-refractivity contribution is 5.37. The summed E-state index contributed by atoms with van der Waals surface area (Å²) in [5.41, 5.74) is 1.20. The minimum atomic E-state index is -4.62. The van der Waals surface area contributed by atoms with Crippen LogP contribution in [0.1, 0.15) is 11.4 Å². The maximum atomic E-state index is 12.8. The number of ether oxygens (including phenoxy) is 1. The molecule has 3 aromatic rings. The summed E-state index contributed by atoms with van der Waals surface area (Å²) in [6.07, 6.45) is -4.62. The van der Waals surface area contributed by atoms with Crippen LogP contribution >= 0.6 is 0 Å². The molecule has 23 heavy (non-hydrogen) atoms. The highest BCUT2D eigenvalue weighted by atomic mass is 19.4. The molecule has 0 radical (unpaired) electrons. The number of tetrazole rings is 1. The van der Waals surface area contributed by atoms with Crippen molar-refractivity contribution in [1.29, 1.82) is 0 Å². The molecule has 3 rings (SSSR count). The van der Waals surface area contributed by atoms with E-state index in [2.05, 4.69) is 15.5 Å². The first-order valence-corrected chi connectivity index (χ1v) is 6.67. The van der Waals surface area contributed by atoms with E-state index in [-0.39, 0.29) is 5.69 Å². The summed E-state index contributed by atoms with van der Waals surface area (Å²) in [5, 5.41) is 9.45. The minimum absolute atomic E-state index is 0.203. The van der Waals surface area contributed by atoms with E-state index < -0.39 is 12.0 Å². The van der Waals surface area contributed by atoms with Crippen LogP contribution in [0.2, 0.25) is 0 Å². The van der Waals surface area contributed by atoms with Gasteiger partial charge in [0.2, 0.25) is 0 Å². The standard InChI is InChI=1S/C15H11F3N4O/c16-15(17,18)14-19-20-21-22(14)12-6-8-13(9-7-12)23-10-11-4-2-1-3-5-11/h1-9H,10H2. The van der Waals surface area contributed by atoms with Crippen LogP contribution < -0.4 is 4.74 Å². The topological polar surface area (TPSA) is 52.8 Å². The molecule has 0 bridgehead atoms. The molecular weight excluding hydrogens is 309 g/mol. The van der Waals surface area contributed by atoms with Crippen molar-refractivity contribution in [1.82, 2.24) is 20.2 Å². The molecule has 0 saturated carbocycles. The molecule has 2 aromatic carbocycles. The monoisotopic (exact) mass is 320 g/mol. The van der Waals surface area contributed by atoms with Gasteiger partial charge in [0, 0.05) is 0 Å². The smallest absolute Gasteiger partial charge is 0.453 e. The summed E-state index contributed by atoms with van der Waals surface area (Å²) in [4.78, 5) is 0. The van der Waals surface area contributed by atoms with Gasteiger partial charge in [0.25, 0.3) is 5.82 Å². The number of halogens is 3. The van der Waals surface area contributed by atoms with E-state index in [1.165, 1.54) is 12.1 Å². The average Bonchev–Trinajstić information content (AvgIpc) is 3.04. The lowest BCUT2D eigenvalue weighted by molar-refractivity contribution is -0.146. The predicted molar refractivity (Wildman–Crippen MR) is 74.9 cm³/mol. The summed E-state index contributed by atoms with van der Waals surface area (Å²) in [7, 11) is 0. The molecule has 8 heteroatoms. The lowest BCUT2D eigenvalue weighted by atomic mass is 10.2. The lowest BCUT2D eigenvalue weighted by Crippen LogP contribution is -2.14. The molecule has 0 aliphatic rings. The normalized spacial score (nSPS) is 11.4. The van der Waals surface area contributed by atoms with Crippen molar-refractivity contribution in [2.24, 2.45) is 0 Å². The van der Waals surface area contributed by atoms with Gasteiger partial charge in [-0.15, -0.1) is 5.10 Å². The van der Waals surface area contributed by atoms with E-state index in [9.17, 15) is 13.2 Å². The molecule has 0 spiro atoms. The van der Waals surface area contributed by atoms with Crippen LogP contribution in [0.4, 0.5) is 13.2 Å². The van der Waals surface area contributed by atoms with Crippen molar-refractivity contribution in [2.45, 2.75) is 12.8 Å². The van der Waals surface area contributed by atoms with Crippen LogP contribution in [0.5, 0.6) is 5.75 Å². The molecule has 5 nitrogen and oxygen atoms in total. The van der Waals surface area contributed by atoms with Crippen LogP contribution in [0.3, 0.4) is 0 Å². The van der Waals surface area contributed by atoms with Gasteiger partial charge in [-0.25, -0.2) is 0 Å². The van der Waals surface area contributed by atoms with Gasteiger partial charge in [0.15, 0.2) is 0 Å². The highest BCUT2D eigenvalue weighted by Gasteiger charge is 2.38. The second-order valence-electron chi connectivity index (χ2n) is 4.68. The van der Waals surface area contributed by atoms with Crippen molar-refractivity contribution in [3.63, 3.8) is 0 Å². The van der Waals surface area contributed by atoms with Gasteiger partial charge in [-0.2, -0.15) is 17.9 Å². The Labute approximate surface area is 129 Å². The molecule has 0 fully saturated rings. The number of benzene rings is 2. The molecule has 1 heterocycles. The number of hydrogen-bond donors (Lipinski definition) is 0. The third-order valence-corrected chi connectivity index (χ3v) is 3.05. The van der Waals surface area contributed by atoms with Gasteiger partial charge < -0.3 is 4.74 Å². The van der Waals surface area contributed by atoms with Crippen molar-refractivity contribution >= 4 is 0 Å². The fourth-order valence-corrected chi connectivity index (χ4v) is 1.96. The molecule has 0 saturated heterocycles. The van der Waals surface area contributed by atoms with E-state index in [4.69, 9.17) is 4.74 Å². The Bertz CT molecular complexity index is 769. The number of rotatable bonds is 4. The van der Waals surface area contributed by atoms with Crippen LogP contribution in [-0.2, 0) is 12.8 Å². The molecule has 0 amide bonds. The Morgan fingerprint density at radius 1 is 0.957 bits per heavy atom. The first kappa shape index (κ1) is 15.0. The van der Waals surface area contributed by atoms with Gasteiger partial charge >= 0.3 is 6.18 Å². The van der Waals surface area contributed by atoms with Crippen molar-refractivity contribution in [3.05, 3.63) is 66.0 Å². The Kier molecular flexibility index (Phi) is 3.96. The van der Waals surface area contributed by atoms with E-state index >= 15 is 0 Å². The fraction of sp³-hybridized carbons (Fsp3) is 0.133. The molecule has 0 aliphatic heterocycles. The largest absolute Gasteiger partial charge is 0.489 e. The molecule has 0 unspecified atom stereocenters. The molecule has 0 N–H and O–H groups in total. The van der Waals surface area contributed by atoms with Gasteiger partial charge in [0.05, 0.1) is 5.69 Å². The molecule has 1 aromatic heterocycles. The van der Waals surface area contributed by atoms with Crippen LogP contribution in [0.15, 0.2) is 54.6 Å². The molecular formula is C15H11F3N4O. The summed E-state index contributed by atoms with van der Waals surface area (Å²) in [6.45, 7) is 0.374. The zero-order chi connectivity index (χ0) is 16.3. The highest BCUT2D eigenvalue weighted by Crippen LogP contribution is 2.28. The zero-order valence-corrected chi connectivity index (χ0v) is 11.7. The zero-order valence-electron chi connectivity index (χ0n) is 11.7. The van der Waals surface area contributed by atoms with E-state index in [0.29, 0.717) is 17.0 Å². The van der Waals surface area contributed by atoms with Gasteiger partial charge in [-0.1, -0.05) is 30.3 Å². The first-order chi connectivity index (χ1) is 11.0. The second-order valence-corrected chi connectivity index (χ2v) is 4.68. The molecule has 0 aliphatic carbocycles. The van der Waals surface area contributed by atoms with E-state index in [1.54, 1.807) is 12.1 Å². The Balaban J connectivity index is 1.74. The Morgan fingerprint density at radius 3 is 2.30 bits per heavy atom. The number of alkyl halides is 3. The van der Waals surface area contributed by atoms with Gasteiger partial charge in [-0.3, -0.25) is 0 Å². The first-order valence-electron chi connectivity index (χ1n) is 6.67. The maximum absolute atomic E-state index is 12.8. The van der Waals surface area contributed by atoms with Crippen molar-refractivity contribution < 1.29 is 17.9 Å². The summed E-state index contributed by atoms with van der Waals surface area (Å²) < 4.78 is 44.5. The van der Waals surface area contributed by atoms with Crippen LogP contribution in [0.25, 0.3) is 5.69 Å². The maximum Gasteiger partial charge on any atom is 0.453 e. The fourth-order valence-electron chi connectivity index (χ4n) is 1.96. The molecule has 0 atom stereocenters. The minimum Gasteiger partial charge on any atom is -0.489 e. The number of hydrogen-bond acceptors (Lipinski definition) is 4. The van der Waals surface area contributed by atoms with Crippen molar-refractivity contribution in [2.75, 3.05) is 0 Å². The average molecular weight is 320 g/mol.